The van der Waals surface area contributed by atoms with Gasteiger partial charge in [0, 0.05) is 32.6 Å². The second-order valence-electron chi connectivity index (χ2n) is 5.45. The standard InChI is InChI=1S/C17H21N3O3/c1-23-15-4-2-3-14(13-15)5-6-16(21)19-9-11-20(12-10-19)17(22)7-8-18/h2-4,13H,5-7,9-12H2,1H3. The van der Waals surface area contributed by atoms with Gasteiger partial charge in [-0.1, -0.05) is 12.1 Å². The summed E-state index contributed by atoms with van der Waals surface area (Å²) in [6, 6.07) is 9.57. The molecule has 1 heterocycles. The summed E-state index contributed by atoms with van der Waals surface area (Å²) in [6.07, 6.45) is 1.02. The molecule has 0 bridgehead atoms. The molecule has 0 aromatic heterocycles. The summed E-state index contributed by atoms with van der Waals surface area (Å²) in [4.78, 5) is 27.3. The SMILES string of the molecule is COc1cccc(CCC(=O)N2CCN(C(=O)CC#N)CC2)c1. The Morgan fingerprint density at radius 3 is 2.43 bits per heavy atom. The molecule has 1 saturated heterocycles. The molecule has 23 heavy (non-hydrogen) atoms. The summed E-state index contributed by atoms with van der Waals surface area (Å²) >= 11 is 0. The zero-order chi connectivity index (χ0) is 16.7. The zero-order valence-electron chi connectivity index (χ0n) is 13.3. The number of methoxy groups -OCH3 is 1. The zero-order valence-corrected chi connectivity index (χ0v) is 13.3. The number of hydrogen-bond acceptors (Lipinski definition) is 4. The number of nitrogens with zero attached hydrogens (tertiary/aromatic N) is 3. The van der Waals surface area contributed by atoms with Crippen molar-refractivity contribution in [3.05, 3.63) is 29.8 Å². The van der Waals surface area contributed by atoms with E-state index in [1.54, 1.807) is 16.9 Å². The lowest BCUT2D eigenvalue weighted by molar-refractivity contribution is -0.139. The molecule has 6 nitrogen and oxygen atoms in total. The van der Waals surface area contributed by atoms with Crippen LogP contribution < -0.4 is 4.74 Å². The van der Waals surface area contributed by atoms with Crippen molar-refractivity contribution in [3.63, 3.8) is 0 Å². The number of carbonyl (C=O) groups is 2. The second kappa shape index (κ2) is 8.18. The first-order valence-corrected chi connectivity index (χ1v) is 7.69. The van der Waals surface area contributed by atoms with Crippen molar-refractivity contribution in [2.24, 2.45) is 0 Å². The van der Waals surface area contributed by atoms with E-state index in [2.05, 4.69) is 0 Å². The molecule has 1 aromatic rings. The van der Waals surface area contributed by atoms with Gasteiger partial charge < -0.3 is 14.5 Å². The number of ether oxygens (including phenoxy) is 1. The molecule has 1 fully saturated rings. The highest BCUT2D eigenvalue weighted by atomic mass is 16.5. The molecule has 0 atom stereocenters. The molecule has 0 radical (unpaired) electrons. The minimum absolute atomic E-state index is 0.0935. The van der Waals surface area contributed by atoms with E-state index in [4.69, 9.17) is 10.00 Å². The van der Waals surface area contributed by atoms with Crippen molar-refractivity contribution < 1.29 is 14.3 Å². The molecular formula is C17H21N3O3. The number of piperazine rings is 1. The van der Waals surface area contributed by atoms with Gasteiger partial charge in [0.15, 0.2) is 0 Å². The van der Waals surface area contributed by atoms with Crippen LogP contribution in [-0.4, -0.2) is 54.9 Å². The fourth-order valence-corrected chi connectivity index (χ4v) is 2.62. The van der Waals surface area contributed by atoms with Crippen LogP contribution in [-0.2, 0) is 16.0 Å². The molecule has 2 rings (SSSR count). The molecule has 1 aliphatic heterocycles. The highest BCUT2D eigenvalue weighted by Crippen LogP contribution is 2.15. The quantitative estimate of drug-likeness (QED) is 0.818. The molecule has 1 aromatic carbocycles. The first kappa shape index (κ1) is 16.8. The van der Waals surface area contributed by atoms with Crippen LogP contribution in [0.5, 0.6) is 5.75 Å². The van der Waals surface area contributed by atoms with Gasteiger partial charge in [-0.25, -0.2) is 0 Å². The predicted molar refractivity (Wildman–Crippen MR) is 84.7 cm³/mol. The smallest absolute Gasteiger partial charge is 0.236 e. The number of aryl methyl sites for hydroxylation is 1. The van der Waals surface area contributed by atoms with Crippen LogP contribution in [0.2, 0.25) is 0 Å². The van der Waals surface area contributed by atoms with Crippen LogP contribution in [0, 0.1) is 11.3 Å². The first-order valence-electron chi connectivity index (χ1n) is 7.69. The Morgan fingerprint density at radius 2 is 1.83 bits per heavy atom. The van der Waals surface area contributed by atoms with E-state index in [0.29, 0.717) is 39.0 Å². The predicted octanol–water partition coefficient (Wildman–Crippen LogP) is 1.21. The Labute approximate surface area is 136 Å². The van der Waals surface area contributed by atoms with E-state index < -0.39 is 0 Å². The van der Waals surface area contributed by atoms with Crippen molar-refractivity contribution in [2.75, 3.05) is 33.3 Å². The van der Waals surface area contributed by atoms with E-state index in [1.165, 1.54) is 0 Å². The van der Waals surface area contributed by atoms with Crippen LogP contribution >= 0.6 is 0 Å². The van der Waals surface area contributed by atoms with Gasteiger partial charge in [-0.2, -0.15) is 5.26 Å². The number of hydrogen-bond donors (Lipinski definition) is 0. The van der Waals surface area contributed by atoms with E-state index >= 15 is 0 Å². The van der Waals surface area contributed by atoms with Crippen LogP contribution in [0.4, 0.5) is 0 Å². The third-order valence-corrected chi connectivity index (χ3v) is 3.98. The van der Waals surface area contributed by atoms with Crippen LogP contribution in [0.1, 0.15) is 18.4 Å². The van der Waals surface area contributed by atoms with Crippen molar-refractivity contribution in [2.45, 2.75) is 19.3 Å². The highest BCUT2D eigenvalue weighted by molar-refractivity contribution is 5.79. The monoisotopic (exact) mass is 315 g/mol. The number of amides is 2. The number of carbonyl (C=O) groups excluding carboxylic acids is 2. The largest absolute Gasteiger partial charge is 0.497 e. The summed E-state index contributed by atoms with van der Waals surface area (Å²) in [7, 11) is 1.62. The van der Waals surface area contributed by atoms with E-state index in [9.17, 15) is 9.59 Å². The Bertz CT molecular complexity index is 601. The van der Waals surface area contributed by atoms with Gasteiger partial charge in [0.2, 0.25) is 11.8 Å². The van der Waals surface area contributed by atoms with Gasteiger partial charge in [0.05, 0.1) is 13.2 Å². The van der Waals surface area contributed by atoms with Crippen molar-refractivity contribution >= 4 is 11.8 Å². The summed E-state index contributed by atoms with van der Waals surface area (Å²) in [5.74, 6) is 0.732. The maximum absolute atomic E-state index is 12.3. The molecule has 0 aliphatic carbocycles. The van der Waals surface area contributed by atoms with E-state index in [0.717, 1.165) is 11.3 Å². The molecule has 122 valence electrons. The minimum Gasteiger partial charge on any atom is -0.497 e. The molecular weight excluding hydrogens is 294 g/mol. The van der Waals surface area contributed by atoms with Crippen LogP contribution in [0.15, 0.2) is 24.3 Å². The van der Waals surface area contributed by atoms with E-state index in [-0.39, 0.29) is 18.2 Å². The van der Waals surface area contributed by atoms with Crippen molar-refractivity contribution in [1.29, 1.82) is 5.26 Å². The molecule has 0 saturated carbocycles. The summed E-state index contributed by atoms with van der Waals surface area (Å²) < 4.78 is 5.18. The van der Waals surface area contributed by atoms with Crippen molar-refractivity contribution in [1.82, 2.24) is 9.80 Å². The number of rotatable bonds is 5. The average molecular weight is 315 g/mol. The Balaban J connectivity index is 1.79. The van der Waals surface area contributed by atoms with Gasteiger partial charge in [-0.15, -0.1) is 0 Å². The van der Waals surface area contributed by atoms with Gasteiger partial charge in [0.25, 0.3) is 0 Å². The molecule has 0 N–H and O–H groups in total. The van der Waals surface area contributed by atoms with E-state index in [1.807, 2.05) is 30.3 Å². The first-order chi connectivity index (χ1) is 11.1. The summed E-state index contributed by atoms with van der Waals surface area (Å²) in [5.41, 5.74) is 1.07. The molecule has 1 aliphatic rings. The van der Waals surface area contributed by atoms with Gasteiger partial charge in [0.1, 0.15) is 12.2 Å². The molecule has 0 unspecified atom stereocenters. The summed E-state index contributed by atoms with van der Waals surface area (Å²) in [5, 5.41) is 8.55. The van der Waals surface area contributed by atoms with Gasteiger partial charge in [-0.3, -0.25) is 9.59 Å². The van der Waals surface area contributed by atoms with Crippen LogP contribution in [0.25, 0.3) is 0 Å². The third-order valence-electron chi connectivity index (χ3n) is 3.98. The fraction of sp³-hybridized carbons (Fsp3) is 0.471. The summed E-state index contributed by atoms with van der Waals surface area (Å²) in [6.45, 7) is 2.08. The molecule has 2 amide bonds. The lowest BCUT2D eigenvalue weighted by Crippen LogP contribution is -2.50. The Kier molecular flexibility index (Phi) is 5.98. The lowest BCUT2D eigenvalue weighted by Gasteiger charge is -2.34. The molecule has 0 spiro atoms. The maximum atomic E-state index is 12.3. The topological polar surface area (TPSA) is 73.6 Å². The Morgan fingerprint density at radius 1 is 1.17 bits per heavy atom. The fourth-order valence-electron chi connectivity index (χ4n) is 2.62. The van der Waals surface area contributed by atoms with Gasteiger partial charge in [-0.05, 0) is 24.1 Å². The van der Waals surface area contributed by atoms with Crippen LogP contribution in [0.3, 0.4) is 0 Å². The van der Waals surface area contributed by atoms with Gasteiger partial charge >= 0.3 is 0 Å². The lowest BCUT2D eigenvalue weighted by atomic mass is 10.1. The molecule has 6 heteroatoms. The average Bonchev–Trinajstić information content (AvgIpc) is 2.60. The maximum Gasteiger partial charge on any atom is 0.236 e. The minimum atomic E-state index is -0.157. The highest BCUT2D eigenvalue weighted by Gasteiger charge is 2.23. The van der Waals surface area contributed by atoms with Crippen molar-refractivity contribution in [3.8, 4) is 11.8 Å². The number of nitriles is 1. The second-order valence-corrected chi connectivity index (χ2v) is 5.45. The third kappa shape index (κ3) is 4.71. The normalized spacial score (nSPS) is 14.3. The Hall–Kier alpha value is -2.55. The number of benzene rings is 1.